The van der Waals surface area contributed by atoms with Crippen molar-refractivity contribution in [3.63, 3.8) is 0 Å². The number of aldehydes is 2. The maximum Gasteiger partial charge on any atom is 0.124 e. The van der Waals surface area contributed by atoms with Gasteiger partial charge in [0.1, 0.15) is 12.6 Å². The highest BCUT2D eigenvalue weighted by molar-refractivity contribution is 7.59. The van der Waals surface area contributed by atoms with Crippen LogP contribution in [0.2, 0.25) is 0 Å². The fourth-order valence-corrected chi connectivity index (χ4v) is 1.63. The fraction of sp³-hybridized carbons (Fsp3) is 0.667. The van der Waals surface area contributed by atoms with Gasteiger partial charge in [-0.3, -0.25) is 0 Å². The van der Waals surface area contributed by atoms with Gasteiger partial charge < -0.3 is 9.59 Å². The van der Waals surface area contributed by atoms with Crippen molar-refractivity contribution in [2.24, 2.45) is 0 Å². The molecule has 0 bridgehead atoms. The minimum Gasteiger partial charge on any atom is -0.303 e. The number of hydrogen-bond acceptors (Lipinski definition) is 2. The van der Waals surface area contributed by atoms with Gasteiger partial charge in [-0.15, -0.1) is 0 Å². The topological polar surface area (TPSA) is 34.1 Å². The molecule has 0 saturated carbocycles. The lowest BCUT2D eigenvalue weighted by molar-refractivity contribution is -0.106. The van der Waals surface area contributed by atoms with Gasteiger partial charge in [-0.25, -0.2) is 0 Å². The molecule has 0 aliphatic heterocycles. The van der Waals surface area contributed by atoms with Gasteiger partial charge in [0.15, 0.2) is 0 Å². The van der Waals surface area contributed by atoms with Crippen molar-refractivity contribution in [1.29, 1.82) is 0 Å². The second-order valence-electron chi connectivity index (χ2n) is 1.69. The van der Waals surface area contributed by atoms with Gasteiger partial charge >= 0.3 is 0 Å². The van der Waals surface area contributed by atoms with Crippen molar-refractivity contribution in [2.75, 3.05) is 18.5 Å². The molecule has 0 aromatic carbocycles. The Labute approximate surface area is 56.4 Å². The maximum atomic E-state index is 9.95. The molecule has 0 aliphatic carbocycles. The minimum atomic E-state index is -0.295. The summed E-state index contributed by atoms with van der Waals surface area (Å²) >= 11 is 0. The maximum absolute atomic E-state index is 9.95. The third kappa shape index (κ3) is 4.28. The molecule has 0 amide bonds. The third-order valence-electron chi connectivity index (χ3n) is 1.11. The largest absolute Gasteiger partial charge is 0.303 e. The van der Waals surface area contributed by atoms with Crippen LogP contribution in [0.5, 0.6) is 0 Å². The summed E-state index contributed by atoms with van der Waals surface area (Å²) in [4.78, 5) is 19.9. The molecule has 52 valence electrons. The lowest BCUT2D eigenvalue weighted by atomic mass is 10.9. The summed E-state index contributed by atoms with van der Waals surface area (Å²) in [6.07, 6.45) is 3.96. The molecule has 0 unspecified atom stereocenters. The lowest BCUT2D eigenvalue weighted by Crippen LogP contribution is -1.93. The van der Waals surface area contributed by atoms with E-state index in [4.69, 9.17) is 0 Å². The Hall–Kier alpha value is -0.230. The molecule has 0 spiro atoms. The highest BCUT2D eigenvalue weighted by atomic mass is 31.1. The van der Waals surface area contributed by atoms with Crippen LogP contribution in [-0.4, -0.2) is 31.1 Å². The fourth-order valence-electron chi connectivity index (χ4n) is 0.544. The van der Waals surface area contributed by atoms with Crippen LogP contribution in [0.3, 0.4) is 0 Å². The average Bonchev–Trinajstić information content (AvgIpc) is 1.88. The molecular weight excluding hydrogens is 135 g/mol. The monoisotopic (exact) mass is 146 g/mol. The van der Waals surface area contributed by atoms with Crippen molar-refractivity contribution in [3.05, 3.63) is 0 Å². The third-order valence-corrected chi connectivity index (χ3v) is 3.34. The smallest absolute Gasteiger partial charge is 0.124 e. The van der Waals surface area contributed by atoms with E-state index in [1.54, 1.807) is 0 Å². The first-order chi connectivity index (χ1) is 4.35. The van der Waals surface area contributed by atoms with Gasteiger partial charge in [-0.2, -0.15) is 0 Å². The Morgan fingerprint density at radius 1 is 1.22 bits per heavy atom. The Morgan fingerprint density at radius 3 is 1.89 bits per heavy atom. The summed E-state index contributed by atoms with van der Waals surface area (Å²) in [5.74, 6) is 0. The van der Waals surface area contributed by atoms with Gasteiger partial charge in [-0.1, -0.05) is 14.8 Å². The molecule has 0 N–H and O–H groups in total. The molecular formula is C6H11O2P. The molecule has 9 heavy (non-hydrogen) atoms. The van der Waals surface area contributed by atoms with Gasteiger partial charge in [0.2, 0.25) is 0 Å². The summed E-state index contributed by atoms with van der Waals surface area (Å²) in [6.45, 7) is 2.01. The van der Waals surface area contributed by atoms with Crippen molar-refractivity contribution in [1.82, 2.24) is 0 Å². The molecule has 3 heteroatoms. The Morgan fingerprint density at radius 2 is 1.67 bits per heavy atom. The highest BCUT2D eigenvalue weighted by Crippen LogP contribution is 2.31. The van der Waals surface area contributed by atoms with E-state index >= 15 is 0 Å². The van der Waals surface area contributed by atoms with E-state index in [9.17, 15) is 9.59 Å². The number of rotatable bonds is 5. The van der Waals surface area contributed by atoms with Crippen LogP contribution >= 0.6 is 7.92 Å². The van der Waals surface area contributed by atoms with Crippen LogP contribution in [0.4, 0.5) is 0 Å². The number of carbonyl (C=O) groups is 2. The van der Waals surface area contributed by atoms with E-state index in [2.05, 4.69) is 0 Å². The van der Waals surface area contributed by atoms with Crippen LogP contribution in [0, 0.1) is 0 Å². The zero-order chi connectivity index (χ0) is 7.11. The van der Waals surface area contributed by atoms with E-state index in [0.29, 0.717) is 12.3 Å². The number of carbonyl (C=O) groups excluding carboxylic acids is 2. The zero-order valence-electron chi connectivity index (χ0n) is 5.54. The molecule has 0 saturated heterocycles. The molecule has 0 aromatic heterocycles. The van der Waals surface area contributed by atoms with Crippen molar-refractivity contribution >= 4 is 20.5 Å². The van der Waals surface area contributed by atoms with Gasteiger partial charge in [0.25, 0.3) is 0 Å². The van der Waals surface area contributed by atoms with E-state index in [0.717, 1.165) is 18.7 Å². The standard InChI is InChI=1S/C6H11O2P/c1-2-9(5-3-7)6-4-8/h3-4H,2,5-6H2,1H3. The Kier molecular flexibility index (Phi) is 5.75. The minimum absolute atomic E-state index is 0.295. The second kappa shape index (κ2) is 5.90. The lowest BCUT2D eigenvalue weighted by Gasteiger charge is -2.05. The molecule has 2 nitrogen and oxygen atoms in total. The van der Waals surface area contributed by atoms with E-state index < -0.39 is 0 Å². The zero-order valence-corrected chi connectivity index (χ0v) is 6.43. The first-order valence-corrected chi connectivity index (χ1v) is 4.84. The van der Waals surface area contributed by atoms with Crippen LogP contribution in [0.15, 0.2) is 0 Å². The first-order valence-electron chi connectivity index (χ1n) is 2.94. The predicted molar refractivity (Wildman–Crippen MR) is 39.3 cm³/mol. The van der Waals surface area contributed by atoms with Crippen molar-refractivity contribution < 1.29 is 9.59 Å². The molecule has 0 rings (SSSR count). The molecule has 0 atom stereocenters. The summed E-state index contributed by atoms with van der Waals surface area (Å²) in [7, 11) is -0.295. The molecule has 0 radical (unpaired) electrons. The predicted octanol–water partition coefficient (Wildman–Crippen LogP) is 0.886. The van der Waals surface area contributed by atoms with Crippen LogP contribution in [0.1, 0.15) is 6.92 Å². The quantitative estimate of drug-likeness (QED) is 0.426. The normalized spacial score (nSPS) is 9.56. The van der Waals surface area contributed by atoms with Crippen LogP contribution in [-0.2, 0) is 9.59 Å². The Balaban J connectivity index is 3.39. The van der Waals surface area contributed by atoms with Crippen LogP contribution in [0.25, 0.3) is 0 Å². The summed E-state index contributed by atoms with van der Waals surface area (Å²) in [5, 5.41) is 0. The Bertz CT molecular complexity index is 83.1. The highest BCUT2D eigenvalue weighted by Gasteiger charge is 2.01. The molecule has 0 aliphatic rings. The summed E-state index contributed by atoms with van der Waals surface area (Å²) in [6, 6.07) is 0. The van der Waals surface area contributed by atoms with Crippen molar-refractivity contribution in [3.8, 4) is 0 Å². The van der Waals surface area contributed by atoms with Gasteiger partial charge in [-0.05, 0) is 6.16 Å². The first kappa shape index (κ1) is 8.77. The van der Waals surface area contributed by atoms with E-state index in [1.165, 1.54) is 0 Å². The molecule has 0 heterocycles. The second-order valence-corrected chi connectivity index (χ2v) is 4.39. The summed E-state index contributed by atoms with van der Waals surface area (Å²) in [5.41, 5.74) is 0. The molecule has 0 fully saturated rings. The van der Waals surface area contributed by atoms with Gasteiger partial charge in [0.05, 0.1) is 0 Å². The van der Waals surface area contributed by atoms with E-state index in [1.807, 2.05) is 6.92 Å². The average molecular weight is 146 g/mol. The SMILES string of the molecule is CCP(CC=O)CC=O. The summed E-state index contributed by atoms with van der Waals surface area (Å²) < 4.78 is 0. The van der Waals surface area contributed by atoms with Crippen molar-refractivity contribution in [2.45, 2.75) is 6.92 Å². The van der Waals surface area contributed by atoms with Gasteiger partial charge in [0, 0.05) is 12.3 Å². The van der Waals surface area contributed by atoms with Crippen LogP contribution < -0.4 is 0 Å². The number of hydrogen-bond donors (Lipinski definition) is 0. The molecule has 0 aromatic rings. The van der Waals surface area contributed by atoms with E-state index in [-0.39, 0.29) is 7.92 Å².